The molecule has 234 valence electrons. The highest BCUT2D eigenvalue weighted by atomic mass is 19.4. The van der Waals surface area contributed by atoms with Crippen LogP contribution in [0, 0.1) is 5.82 Å². The van der Waals surface area contributed by atoms with Crippen molar-refractivity contribution in [2.24, 2.45) is 0 Å². The molecule has 3 amide bonds. The first-order valence-electron chi connectivity index (χ1n) is 13.9. The normalized spacial score (nSPS) is 15.7. The Hall–Kier alpha value is -4.45. The lowest BCUT2D eigenvalue weighted by molar-refractivity contribution is -0.144. The Bertz CT molecular complexity index is 1500. The van der Waals surface area contributed by atoms with E-state index in [1.54, 1.807) is 32.0 Å². The van der Waals surface area contributed by atoms with Gasteiger partial charge in [-0.3, -0.25) is 9.59 Å². The molecule has 1 saturated heterocycles. The summed E-state index contributed by atoms with van der Waals surface area (Å²) in [5, 5.41) is 2.50. The van der Waals surface area contributed by atoms with Gasteiger partial charge in [0.2, 0.25) is 0 Å². The molecule has 1 aliphatic heterocycles. The lowest BCUT2D eigenvalue weighted by atomic mass is 10.0. The van der Waals surface area contributed by atoms with Crippen molar-refractivity contribution >= 4 is 17.9 Å². The third-order valence-electron chi connectivity index (χ3n) is 6.97. The molecule has 4 rings (SSSR count). The Balaban J connectivity index is 1.51. The summed E-state index contributed by atoms with van der Waals surface area (Å²) in [4.78, 5) is 40.1. The van der Waals surface area contributed by atoms with Crippen molar-refractivity contribution in [3.8, 4) is 5.75 Å². The Morgan fingerprint density at radius 3 is 2.41 bits per heavy atom. The van der Waals surface area contributed by atoms with Gasteiger partial charge in [0.25, 0.3) is 11.8 Å². The molecular formula is C32H32F4N2O6. The van der Waals surface area contributed by atoms with Crippen molar-refractivity contribution in [1.82, 2.24) is 10.2 Å². The van der Waals surface area contributed by atoms with Gasteiger partial charge in [-0.05, 0) is 55.7 Å². The number of carbonyl (C=O) groups excluding carboxylic acids is 3. The topological polar surface area (TPSA) is 94.2 Å². The maximum atomic E-state index is 14.3. The standard InChI is InChI=1S/C32H32F4N2O6/c1-19(2)44-28(30(40)38-24(18-43-31(38)41)14-20-7-5-4-6-8-20)15-21-9-12-27(42-3)22(13-21)17-37-29(39)25-11-10-23(16-26(25)33)32(34,35)36/h4-13,16,19,24,28H,14-15,17-18H2,1-3H3,(H,37,39). The largest absolute Gasteiger partial charge is 0.496 e. The van der Waals surface area contributed by atoms with Gasteiger partial charge in [0.05, 0.1) is 30.4 Å². The molecule has 2 atom stereocenters. The molecule has 1 N–H and O–H groups in total. The van der Waals surface area contributed by atoms with Crippen LogP contribution in [0.3, 0.4) is 0 Å². The molecule has 3 aromatic carbocycles. The Kier molecular flexibility index (Phi) is 10.3. The predicted molar refractivity (Wildman–Crippen MR) is 151 cm³/mol. The first-order valence-corrected chi connectivity index (χ1v) is 13.9. The highest BCUT2D eigenvalue weighted by Gasteiger charge is 2.41. The molecule has 0 aromatic heterocycles. The quantitative estimate of drug-likeness (QED) is 0.278. The summed E-state index contributed by atoms with van der Waals surface area (Å²) in [6, 6.07) is 15.6. The molecular weight excluding hydrogens is 584 g/mol. The van der Waals surface area contributed by atoms with E-state index < -0.39 is 53.2 Å². The van der Waals surface area contributed by atoms with Gasteiger partial charge in [-0.2, -0.15) is 13.2 Å². The van der Waals surface area contributed by atoms with Crippen LogP contribution in [0.4, 0.5) is 22.4 Å². The van der Waals surface area contributed by atoms with Crippen LogP contribution in [-0.4, -0.2) is 54.8 Å². The van der Waals surface area contributed by atoms with Crippen LogP contribution < -0.4 is 10.1 Å². The number of cyclic esters (lactones) is 1. The molecule has 0 radical (unpaired) electrons. The number of hydrogen-bond acceptors (Lipinski definition) is 6. The molecule has 8 nitrogen and oxygen atoms in total. The maximum Gasteiger partial charge on any atom is 0.417 e. The average Bonchev–Trinajstić information content (AvgIpc) is 3.34. The van der Waals surface area contributed by atoms with Gasteiger partial charge in [0.15, 0.2) is 0 Å². The Labute approximate surface area is 251 Å². The number of nitrogens with zero attached hydrogens (tertiary/aromatic N) is 1. The summed E-state index contributed by atoms with van der Waals surface area (Å²) in [5.41, 5.74) is 0.257. The van der Waals surface area contributed by atoms with Crippen LogP contribution in [0.2, 0.25) is 0 Å². The number of benzene rings is 3. The van der Waals surface area contributed by atoms with Crippen molar-refractivity contribution < 1.29 is 46.2 Å². The van der Waals surface area contributed by atoms with Gasteiger partial charge in [-0.1, -0.05) is 42.5 Å². The number of methoxy groups -OCH3 is 1. The summed E-state index contributed by atoms with van der Waals surface area (Å²) < 4.78 is 69.5. The molecule has 0 aliphatic carbocycles. The zero-order chi connectivity index (χ0) is 32.0. The van der Waals surface area contributed by atoms with E-state index in [4.69, 9.17) is 14.2 Å². The fraction of sp³-hybridized carbons (Fsp3) is 0.344. The number of alkyl halides is 3. The number of carbonyl (C=O) groups is 3. The smallest absolute Gasteiger partial charge is 0.417 e. The molecule has 12 heteroatoms. The van der Waals surface area contributed by atoms with Crippen LogP contribution >= 0.6 is 0 Å². The predicted octanol–water partition coefficient (Wildman–Crippen LogP) is 5.71. The summed E-state index contributed by atoms with van der Waals surface area (Å²) in [7, 11) is 1.41. The minimum Gasteiger partial charge on any atom is -0.496 e. The van der Waals surface area contributed by atoms with Crippen molar-refractivity contribution in [3.05, 3.63) is 100 Å². The zero-order valence-electron chi connectivity index (χ0n) is 24.3. The number of hydrogen-bond donors (Lipinski definition) is 1. The molecule has 0 spiro atoms. The van der Waals surface area contributed by atoms with Gasteiger partial charge in [0.1, 0.15) is 24.3 Å². The molecule has 0 bridgehead atoms. The molecule has 3 aromatic rings. The fourth-order valence-electron chi connectivity index (χ4n) is 4.90. The second kappa shape index (κ2) is 13.9. The lowest BCUT2D eigenvalue weighted by Crippen LogP contribution is -2.47. The Morgan fingerprint density at radius 1 is 1.05 bits per heavy atom. The second-order valence-corrected chi connectivity index (χ2v) is 10.5. The minimum absolute atomic E-state index is 0.0553. The summed E-state index contributed by atoms with van der Waals surface area (Å²) in [6.07, 6.45) is -6.42. The second-order valence-electron chi connectivity index (χ2n) is 10.5. The average molecular weight is 617 g/mol. The number of imide groups is 1. The molecule has 44 heavy (non-hydrogen) atoms. The minimum atomic E-state index is -4.75. The number of nitrogens with one attached hydrogen (secondary N) is 1. The van der Waals surface area contributed by atoms with Gasteiger partial charge in [-0.15, -0.1) is 0 Å². The van der Waals surface area contributed by atoms with E-state index in [0.717, 1.165) is 16.5 Å². The molecule has 0 saturated carbocycles. The maximum absolute atomic E-state index is 14.3. The van der Waals surface area contributed by atoms with E-state index in [0.29, 0.717) is 29.4 Å². The first-order chi connectivity index (χ1) is 20.9. The van der Waals surface area contributed by atoms with Crippen LogP contribution in [-0.2, 0) is 39.8 Å². The van der Waals surface area contributed by atoms with Gasteiger partial charge in [0, 0.05) is 18.5 Å². The monoisotopic (exact) mass is 616 g/mol. The zero-order valence-corrected chi connectivity index (χ0v) is 24.3. The van der Waals surface area contributed by atoms with E-state index in [1.807, 2.05) is 30.3 Å². The number of amides is 3. The van der Waals surface area contributed by atoms with Crippen molar-refractivity contribution in [3.63, 3.8) is 0 Å². The van der Waals surface area contributed by atoms with Crippen LogP contribution in [0.5, 0.6) is 5.75 Å². The number of halogens is 4. The molecule has 1 heterocycles. The van der Waals surface area contributed by atoms with Gasteiger partial charge < -0.3 is 19.5 Å². The number of rotatable bonds is 11. The summed E-state index contributed by atoms with van der Waals surface area (Å²) in [5.74, 6) is -2.40. The molecule has 1 aliphatic rings. The number of ether oxygens (including phenoxy) is 3. The highest BCUT2D eigenvalue weighted by molar-refractivity contribution is 5.96. The van der Waals surface area contributed by atoms with Crippen molar-refractivity contribution in [1.29, 1.82) is 0 Å². The van der Waals surface area contributed by atoms with Crippen LogP contribution in [0.15, 0.2) is 66.7 Å². The third-order valence-corrected chi connectivity index (χ3v) is 6.97. The fourth-order valence-corrected chi connectivity index (χ4v) is 4.90. The van der Waals surface area contributed by atoms with Gasteiger partial charge >= 0.3 is 12.3 Å². The SMILES string of the molecule is COc1ccc(CC(OC(C)C)C(=O)N2C(=O)OCC2Cc2ccccc2)cc1CNC(=O)c1ccc(C(F)(F)F)cc1F. The van der Waals surface area contributed by atoms with Crippen molar-refractivity contribution in [2.75, 3.05) is 13.7 Å². The first kappa shape index (κ1) is 32.5. The molecule has 2 unspecified atom stereocenters. The van der Waals surface area contributed by atoms with E-state index >= 15 is 0 Å². The Morgan fingerprint density at radius 2 is 1.77 bits per heavy atom. The van der Waals surface area contributed by atoms with Crippen LogP contribution in [0.25, 0.3) is 0 Å². The van der Waals surface area contributed by atoms with Crippen molar-refractivity contribution in [2.45, 2.75) is 57.7 Å². The van der Waals surface area contributed by atoms with Gasteiger partial charge in [-0.25, -0.2) is 14.1 Å². The summed E-state index contributed by atoms with van der Waals surface area (Å²) in [6.45, 7) is 3.43. The van der Waals surface area contributed by atoms with E-state index in [2.05, 4.69) is 5.32 Å². The van der Waals surface area contributed by atoms with Crippen LogP contribution in [0.1, 0.15) is 46.5 Å². The lowest BCUT2D eigenvalue weighted by Gasteiger charge is -2.26. The highest BCUT2D eigenvalue weighted by Crippen LogP contribution is 2.30. The summed E-state index contributed by atoms with van der Waals surface area (Å²) >= 11 is 0. The van der Waals surface area contributed by atoms with E-state index in [1.165, 1.54) is 7.11 Å². The third kappa shape index (κ3) is 7.93. The van der Waals surface area contributed by atoms with E-state index in [-0.39, 0.29) is 31.7 Å². The van der Waals surface area contributed by atoms with E-state index in [9.17, 15) is 31.9 Å². The molecule has 1 fully saturated rings.